The molecule has 1 aliphatic rings. The van der Waals surface area contributed by atoms with E-state index in [0.717, 1.165) is 24.7 Å². The summed E-state index contributed by atoms with van der Waals surface area (Å²) in [6.45, 7) is 2.55. The first-order valence-corrected chi connectivity index (χ1v) is 5.84. The monoisotopic (exact) mass is 218 g/mol. The zero-order valence-corrected chi connectivity index (χ0v) is 9.62. The molecule has 1 amide bonds. The second kappa shape index (κ2) is 5.12. The lowest BCUT2D eigenvalue weighted by Crippen LogP contribution is -2.19. The zero-order valence-electron chi connectivity index (χ0n) is 9.62. The van der Waals surface area contributed by atoms with E-state index in [9.17, 15) is 4.79 Å². The molecule has 16 heavy (non-hydrogen) atoms. The van der Waals surface area contributed by atoms with Crippen LogP contribution in [0.3, 0.4) is 0 Å². The van der Waals surface area contributed by atoms with Crippen LogP contribution in [-0.4, -0.2) is 18.5 Å². The number of hydrogen-bond donors (Lipinski definition) is 2. The SMILES string of the molecule is CC(=O)Nc1cccc(CCNC2CC2)c1. The first-order chi connectivity index (χ1) is 7.74. The summed E-state index contributed by atoms with van der Waals surface area (Å²) < 4.78 is 0. The lowest BCUT2D eigenvalue weighted by atomic mass is 10.1. The summed E-state index contributed by atoms with van der Waals surface area (Å²) in [7, 11) is 0. The van der Waals surface area contributed by atoms with E-state index in [-0.39, 0.29) is 5.91 Å². The number of rotatable bonds is 5. The van der Waals surface area contributed by atoms with Crippen LogP contribution in [-0.2, 0) is 11.2 Å². The Kier molecular flexibility index (Phi) is 3.57. The van der Waals surface area contributed by atoms with Gasteiger partial charge in [0.15, 0.2) is 0 Å². The molecule has 3 nitrogen and oxygen atoms in total. The van der Waals surface area contributed by atoms with Crippen molar-refractivity contribution in [1.82, 2.24) is 5.32 Å². The molecule has 0 heterocycles. The molecular formula is C13H18N2O. The summed E-state index contributed by atoms with van der Waals surface area (Å²) in [5, 5.41) is 6.28. The molecule has 0 aromatic heterocycles. The van der Waals surface area contributed by atoms with Crippen LogP contribution in [0.4, 0.5) is 5.69 Å². The lowest BCUT2D eigenvalue weighted by molar-refractivity contribution is -0.114. The maximum atomic E-state index is 10.9. The van der Waals surface area contributed by atoms with Gasteiger partial charge in [-0.1, -0.05) is 12.1 Å². The number of carbonyl (C=O) groups is 1. The van der Waals surface area contributed by atoms with E-state index in [2.05, 4.69) is 16.7 Å². The number of amides is 1. The van der Waals surface area contributed by atoms with Gasteiger partial charge in [0, 0.05) is 18.7 Å². The van der Waals surface area contributed by atoms with Crippen LogP contribution in [0, 0.1) is 0 Å². The molecule has 2 N–H and O–H groups in total. The van der Waals surface area contributed by atoms with E-state index in [1.807, 2.05) is 18.2 Å². The fourth-order valence-corrected chi connectivity index (χ4v) is 1.72. The summed E-state index contributed by atoms with van der Waals surface area (Å²) >= 11 is 0. The van der Waals surface area contributed by atoms with Crippen molar-refractivity contribution in [3.63, 3.8) is 0 Å². The molecule has 1 aromatic carbocycles. The molecule has 0 unspecified atom stereocenters. The van der Waals surface area contributed by atoms with E-state index in [0.29, 0.717) is 0 Å². The van der Waals surface area contributed by atoms with E-state index in [1.165, 1.54) is 25.3 Å². The Morgan fingerprint density at radius 2 is 2.25 bits per heavy atom. The van der Waals surface area contributed by atoms with Gasteiger partial charge in [-0.25, -0.2) is 0 Å². The molecular weight excluding hydrogens is 200 g/mol. The number of anilines is 1. The van der Waals surface area contributed by atoms with Gasteiger partial charge in [0.2, 0.25) is 5.91 Å². The maximum Gasteiger partial charge on any atom is 0.221 e. The highest BCUT2D eigenvalue weighted by Gasteiger charge is 2.19. The molecule has 0 aliphatic heterocycles. The fraction of sp³-hybridized carbons (Fsp3) is 0.462. The van der Waals surface area contributed by atoms with Gasteiger partial charge < -0.3 is 10.6 Å². The Bertz CT molecular complexity index is 372. The van der Waals surface area contributed by atoms with Crippen molar-refractivity contribution >= 4 is 11.6 Å². The number of benzene rings is 1. The average molecular weight is 218 g/mol. The second-order valence-corrected chi connectivity index (χ2v) is 4.36. The van der Waals surface area contributed by atoms with Crippen LogP contribution in [0.1, 0.15) is 25.3 Å². The third-order valence-corrected chi connectivity index (χ3v) is 2.67. The molecule has 1 fully saturated rings. The molecule has 3 heteroatoms. The van der Waals surface area contributed by atoms with Crippen LogP contribution in [0.2, 0.25) is 0 Å². The van der Waals surface area contributed by atoms with Gasteiger partial charge >= 0.3 is 0 Å². The van der Waals surface area contributed by atoms with Crippen molar-refractivity contribution < 1.29 is 4.79 Å². The summed E-state index contributed by atoms with van der Waals surface area (Å²) in [5.74, 6) is -0.0201. The highest BCUT2D eigenvalue weighted by Crippen LogP contribution is 2.18. The van der Waals surface area contributed by atoms with Gasteiger partial charge in [-0.2, -0.15) is 0 Å². The highest BCUT2D eigenvalue weighted by atomic mass is 16.1. The number of carbonyl (C=O) groups excluding carboxylic acids is 1. The van der Waals surface area contributed by atoms with Gasteiger partial charge in [0.25, 0.3) is 0 Å². The zero-order chi connectivity index (χ0) is 11.4. The van der Waals surface area contributed by atoms with Gasteiger partial charge in [0.05, 0.1) is 0 Å². The van der Waals surface area contributed by atoms with E-state index >= 15 is 0 Å². The highest BCUT2D eigenvalue weighted by molar-refractivity contribution is 5.88. The lowest BCUT2D eigenvalue weighted by Gasteiger charge is -2.06. The first-order valence-electron chi connectivity index (χ1n) is 5.84. The largest absolute Gasteiger partial charge is 0.326 e. The van der Waals surface area contributed by atoms with Crippen molar-refractivity contribution in [3.8, 4) is 0 Å². The predicted molar refractivity (Wildman–Crippen MR) is 65.5 cm³/mol. The van der Waals surface area contributed by atoms with Gasteiger partial charge in [-0.15, -0.1) is 0 Å². The molecule has 2 rings (SSSR count). The summed E-state index contributed by atoms with van der Waals surface area (Å²) in [6, 6.07) is 8.80. The minimum Gasteiger partial charge on any atom is -0.326 e. The van der Waals surface area contributed by atoms with Crippen molar-refractivity contribution in [2.75, 3.05) is 11.9 Å². The third kappa shape index (κ3) is 3.66. The molecule has 0 saturated heterocycles. The molecule has 0 atom stereocenters. The molecule has 0 bridgehead atoms. The summed E-state index contributed by atoms with van der Waals surface area (Å²) in [6.07, 6.45) is 3.67. The van der Waals surface area contributed by atoms with E-state index < -0.39 is 0 Å². The van der Waals surface area contributed by atoms with Crippen LogP contribution in [0.5, 0.6) is 0 Å². The Balaban J connectivity index is 1.84. The Morgan fingerprint density at radius 1 is 1.44 bits per heavy atom. The van der Waals surface area contributed by atoms with Crippen molar-refractivity contribution in [1.29, 1.82) is 0 Å². The van der Waals surface area contributed by atoms with E-state index in [1.54, 1.807) is 0 Å². The van der Waals surface area contributed by atoms with Crippen LogP contribution >= 0.6 is 0 Å². The summed E-state index contributed by atoms with van der Waals surface area (Å²) in [5.41, 5.74) is 2.15. The minimum atomic E-state index is -0.0201. The van der Waals surface area contributed by atoms with Crippen molar-refractivity contribution in [2.45, 2.75) is 32.2 Å². The molecule has 0 spiro atoms. The third-order valence-electron chi connectivity index (χ3n) is 2.67. The van der Waals surface area contributed by atoms with Gasteiger partial charge in [-0.05, 0) is 43.5 Å². The summed E-state index contributed by atoms with van der Waals surface area (Å²) in [4.78, 5) is 10.9. The molecule has 1 aliphatic carbocycles. The van der Waals surface area contributed by atoms with Crippen molar-refractivity contribution in [3.05, 3.63) is 29.8 Å². The Morgan fingerprint density at radius 3 is 2.94 bits per heavy atom. The van der Waals surface area contributed by atoms with Crippen LogP contribution in [0.25, 0.3) is 0 Å². The van der Waals surface area contributed by atoms with Crippen LogP contribution in [0.15, 0.2) is 24.3 Å². The smallest absolute Gasteiger partial charge is 0.221 e. The molecule has 1 saturated carbocycles. The van der Waals surface area contributed by atoms with Crippen LogP contribution < -0.4 is 10.6 Å². The van der Waals surface area contributed by atoms with Crippen molar-refractivity contribution in [2.24, 2.45) is 0 Å². The van der Waals surface area contributed by atoms with E-state index in [4.69, 9.17) is 0 Å². The van der Waals surface area contributed by atoms with Gasteiger partial charge in [0.1, 0.15) is 0 Å². The average Bonchev–Trinajstić information content (AvgIpc) is 3.01. The minimum absolute atomic E-state index is 0.0201. The number of nitrogens with one attached hydrogen (secondary N) is 2. The quantitative estimate of drug-likeness (QED) is 0.793. The Hall–Kier alpha value is -1.35. The molecule has 0 radical (unpaired) electrons. The van der Waals surface area contributed by atoms with Gasteiger partial charge in [-0.3, -0.25) is 4.79 Å². The normalized spacial score (nSPS) is 14.8. The predicted octanol–water partition coefficient (Wildman–Crippen LogP) is 1.94. The number of hydrogen-bond acceptors (Lipinski definition) is 2. The molecule has 86 valence electrons. The molecule has 1 aromatic rings. The standard InChI is InChI=1S/C13H18N2O/c1-10(16)15-13-4-2-3-11(9-13)7-8-14-12-5-6-12/h2-4,9,12,14H,5-8H2,1H3,(H,15,16). The second-order valence-electron chi connectivity index (χ2n) is 4.36. The maximum absolute atomic E-state index is 10.9. The topological polar surface area (TPSA) is 41.1 Å². The fourth-order valence-electron chi connectivity index (χ4n) is 1.72. The first kappa shape index (κ1) is 11.1. The Labute approximate surface area is 96.2 Å².